The summed E-state index contributed by atoms with van der Waals surface area (Å²) < 4.78 is 10.9. The van der Waals surface area contributed by atoms with Gasteiger partial charge >= 0.3 is 0 Å². The lowest BCUT2D eigenvalue weighted by Crippen LogP contribution is -2.61. The summed E-state index contributed by atoms with van der Waals surface area (Å²) in [5, 5.41) is 0. The molecule has 2 fully saturated rings. The molecule has 14 heavy (non-hydrogen) atoms. The first kappa shape index (κ1) is 10.4. The van der Waals surface area contributed by atoms with E-state index < -0.39 is 0 Å². The lowest BCUT2D eigenvalue weighted by Gasteiger charge is -2.46. The normalized spacial score (nSPS) is 35.8. The molecule has 0 amide bonds. The van der Waals surface area contributed by atoms with Gasteiger partial charge in [-0.3, -0.25) is 4.90 Å². The van der Waals surface area contributed by atoms with E-state index in [4.69, 9.17) is 15.2 Å². The molecule has 4 nitrogen and oxygen atoms in total. The van der Waals surface area contributed by atoms with Crippen LogP contribution in [0.3, 0.4) is 0 Å². The molecular weight excluding hydrogens is 180 g/mol. The van der Waals surface area contributed by atoms with Crippen LogP contribution in [0.25, 0.3) is 0 Å². The van der Waals surface area contributed by atoms with Crippen LogP contribution in [0.15, 0.2) is 0 Å². The highest BCUT2D eigenvalue weighted by Crippen LogP contribution is 2.26. The zero-order valence-corrected chi connectivity index (χ0v) is 8.71. The van der Waals surface area contributed by atoms with Crippen LogP contribution < -0.4 is 5.73 Å². The quantitative estimate of drug-likeness (QED) is 0.672. The topological polar surface area (TPSA) is 47.7 Å². The number of hydrogen-bond acceptors (Lipinski definition) is 4. The molecule has 0 unspecified atom stereocenters. The molecule has 0 spiro atoms. The van der Waals surface area contributed by atoms with E-state index in [1.54, 1.807) is 0 Å². The van der Waals surface area contributed by atoms with Crippen molar-refractivity contribution in [2.75, 3.05) is 46.1 Å². The second kappa shape index (κ2) is 4.57. The molecule has 2 saturated heterocycles. The Balaban J connectivity index is 2.01. The van der Waals surface area contributed by atoms with Gasteiger partial charge in [0, 0.05) is 26.2 Å². The second-order valence-electron chi connectivity index (χ2n) is 4.18. The highest BCUT2D eigenvalue weighted by atomic mass is 16.5. The summed E-state index contributed by atoms with van der Waals surface area (Å²) >= 11 is 0. The summed E-state index contributed by atoms with van der Waals surface area (Å²) in [6.07, 6.45) is 2.30. The molecule has 0 radical (unpaired) electrons. The van der Waals surface area contributed by atoms with Gasteiger partial charge in [-0.05, 0) is 12.8 Å². The molecule has 0 bridgehead atoms. The predicted octanol–water partition coefficient (Wildman–Crippen LogP) is -0.173. The highest BCUT2D eigenvalue weighted by Gasteiger charge is 2.38. The number of rotatable bonds is 2. The zero-order chi connectivity index (χ0) is 9.86. The van der Waals surface area contributed by atoms with E-state index in [0.717, 1.165) is 45.9 Å². The predicted molar refractivity (Wildman–Crippen MR) is 54.2 cm³/mol. The van der Waals surface area contributed by atoms with Crippen LogP contribution in [0.5, 0.6) is 0 Å². The van der Waals surface area contributed by atoms with E-state index in [1.165, 1.54) is 6.42 Å². The van der Waals surface area contributed by atoms with Crippen molar-refractivity contribution < 1.29 is 9.47 Å². The summed E-state index contributed by atoms with van der Waals surface area (Å²) in [6.45, 7) is 6.06. The molecule has 82 valence electrons. The minimum Gasteiger partial charge on any atom is -0.379 e. The molecule has 2 heterocycles. The van der Waals surface area contributed by atoms with Gasteiger partial charge in [-0.15, -0.1) is 0 Å². The van der Waals surface area contributed by atoms with Crippen molar-refractivity contribution in [3.05, 3.63) is 0 Å². The molecule has 0 aliphatic carbocycles. The maximum Gasteiger partial charge on any atom is 0.0662 e. The SMILES string of the molecule is NC[C@]1(N2CCOCC2)CCCOC1. The van der Waals surface area contributed by atoms with Crippen molar-refractivity contribution in [2.24, 2.45) is 5.73 Å². The second-order valence-corrected chi connectivity index (χ2v) is 4.18. The van der Waals surface area contributed by atoms with E-state index >= 15 is 0 Å². The van der Waals surface area contributed by atoms with E-state index in [9.17, 15) is 0 Å². The summed E-state index contributed by atoms with van der Waals surface area (Å²) in [4.78, 5) is 2.45. The summed E-state index contributed by atoms with van der Waals surface area (Å²) in [5.41, 5.74) is 6.01. The van der Waals surface area contributed by atoms with Gasteiger partial charge in [-0.25, -0.2) is 0 Å². The summed E-state index contributed by atoms with van der Waals surface area (Å²) in [6, 6.07) is 0. The molecular formula is C10H20N2O2. The van der Waals surface area contributed by atoms with Gasteiger partial charge in [0.25, 0.3) is 0 Å². The third-order valence-electron chi connectivity index (χ3n) is 3.36. The average molecular weight is 200 g/mol. The smallest absolute Gasteiger partial charge is 0.0662 e. The van der Waals surface area contributed by atoms with Crippen molar-refractivity contribution in [2.45, 2.75) is 18.4 Å². The van der Waals surface area contributed by atoms with Crippen LogP contribution in [-0.4, -0.2) is 56.5 Å². The Labute approximate surface area is 85.3 Å². The van der Waals surface area contributed by atoms with E-state index in [1.807, 2.05) is 0 Å². The van der Waals surface area contributed by atoms with Crippen molar-refractivity contribution in [3.8, 4) is 0 Å². The molecule has 1 atom stereocenters. The van der Waals surface area contributed by atoms with Crippen molar-refractivity contribution in [1.82, 2.24) is 4.90 Å². The monoisotopic (exact) mass is 200 g/mol. The molecule has 0 aromatic carbocycles. The minimum absolute atomic E-state index is 0.0992. The third kappa shape index (κ3) is 1.93. The number of morpholine rings is 1. The Bertz CT molecular complexity index is 175. The lowest BCUT2D eigenvalue weighted by molar-refractivity contribution is -0.0817. The molecule has 2 N–H and O–H groups in total. The molecule has 0 saturated carbocycles. The first-order valence-corrected chi connectivity index (χ1v) is 5.48. The molecule has 4 heteroatoms. The van der Waals surface area contributed by atoms with Crippen molar-refractivity contribution >= 4 is 0 Å². The Morgan fingerprint density at radius 1 is 1.14 bits per heavy atom. The Morgan fingerprint density at radius 2 is 1.93 bits per heavy atom. The standard InChI is InChI=1S/C10H20N2O2/c11-8-10(2-1-5-14-9-10)12-3-6-13-7-4-12/h1-9,11H2/t10-/m1/s1. The van der Waals surface area contributed by atoms with Crippen LogP contribution in [0.2, 0.25) is 0 Å². The average Bonchev–Trinajstić information content (AvgIpc) is 2.31. The lowest BCUT2D eigenvalue weighted by atomic mass is 9.90. The molecule has 2 rings (SSSR count). The van der Waals surface area contributed by atoms with Crippen LogP contribution in [0.4, 0.5) is 0 Å². The van der Waals surface area contributed by atoms with Gasteiger partial charge in [0.15, 0.2) is 0 Å². The number of nitrogens with zero attached hydrogens (tertiary/aromatic N) is 1. The highest BCUT2D eigenvalue weighted by molar-refractivity contribution is 4.94. The van der Waals surface area contributed by atoms with Crippen LogP contribution >= 0.6 is 0 Å². The summed E-state index contributed by atoms with van der Waals surface area (Å²) in [5.74, 6) is 0. The van der Waals surface area contributed by atoms with Crippen molar-refractivity contribution in [3.63, 3.8) is 0 Å². The first-order valence-electron chi connectivity index (χ1n) is 5.48. The van der Waals surface area contributed by atoms with E-state index in [0.29, 0.717) is 6.54 Å². The Morgan fingerprint density at radius 3 is 2.50 bits per heavy atom. The fourth-order valence-corrected chi connectivity index (χ4v) is 2.41. The fourth-order valence-electron chi connectivity index (χ4n) is 2.41. The van der Waals surface area contributed by atoms with Gasteiger partial charge in [0.05, 0.1) is 25.4 Å². The Kier molecular flexibility index (Phi) is 3.38. The minimum atomic E-state index is 0.0992. The largest absolute Gasteiger partial charge is 0.379 e. The Hall–Kier alpha value is -0.160. The summed E-state index contributed by atoms with van der Waals surface area (Å²) in [7, 11) is 0. The first-order chi connectivity index (χ1) is 6.87. The third-order valence-corrected chi connectivity index (χ3v) is 3.36. The van der Waals surface area contributed by atoms with Gasteiger partial charge in [-0.2, -0.15) is 0 Å². The van der Waals surface area contributed by atoms with E-state index in [-0.39, 0.29) is 5.54 Å². The molecule has 2 aliphatic heterocycles. The number of ether oxygens (including phenoxy) is 2. The number of nitrogens with two attached hydrogens (primary N) is 1. The molecule has 0 aromatic rings. The fraction of sp³-hybridized carbons (Fsp3) is 1.00. The maximum atomic E-state index is 5.91. The maximum absolute atomic E-state index is 5.91. The van der Waals surface area contributed by atoms with Crippen LogP contribution in [0.1, 0.15) is 12.8 Å². The van der Waals surface area contributed by atoms with Crippen LogP contribution in [-0.2, 0) is 9.47 Å². The van der Waals surface area contributed by atoms with Gasteiger partial charge in [-0.1, -0.05) is 0 Å². The zero-order valence-electron chi connectivity index (χ0n) is 8.71. The van der Waals surface area contributed by atoms with Crippen molar-refractivity contribution in [1.29, 1.82) is 0 Å². The van der Waals surface area contributed by atoms with Gasteiger partial charge in [0.2, 0.25) is 0 Å². The van der Waals surface area contributed by atoms with Gasteiger partial charge in [0.1, 0.15) is 0 Å². The van der Waals surface area contributed by atoms with Crippen LogP contribution in [0, 0.1) is 0 Å². The molecule has 0 aromatic heterocycles. The van der Waals surface area contributed by atoms with E-state index in [2.05, 4.69) is 4.90 Å². The van der Waals surface area contributed by atoms with Gasteiger partial charge < -0.3 is 15.2 Å². The number of hydrogen-bond donors (Lipinski definition) is 1. The molecule has 2 aliphatic rings.